The van der Waals surface area contributed by atoms with Crippen molar-refractivity contribution in [3.8, 4) is 0 Å². The average molecular weight is 411 g/mol. The molecule has 0 aliphatic heterocycles. The zero-order valence-electron chi connectivity index (χ0n) is 14.9. The van der Waals surface area contributed by atoms with Crippen LogP contribution in [0.2, 0.25) is 0 Å². The number of hydrogen-bond acceptors (Lipinski definition) is 4. The third kappa shape index (κ3) is 4.62. The van der Waals surface area contributed by atoms with E-state index in [1.165, 1.54) is 11.3 Å². The van der Waals surface area contributed by atoms with E-state index in [2.05, 4.69) is 10.6 Å². The summed E-state index contributed by atoms with van der Waals surface area (Å²) in [6, 6.07) is 3.09. The van der Waals surface area contributed by atoms with Crippen molar-refractivity contribution in [2.45, 2.75) is 39.0 Å². The Morgan fingerprint density at radius 3 is 2.78 bits per heavy atom. The van der Waals surface area contributed by atoms with Crippen molar-refractivity contribution in [3.63, 3.8) is 0 Å². The number of thiocarbonyl (C=S) groups is 1. The van der Waals surface area contributed by atoms with Gasteiger partial charge in [0, 0.05) is 10.9 Å². The van der Waals surface area contributed by atoms with Crippen LogP contribution in [0.25, 0.3) is 0 Å². The topological polar surface area (TPSA) is 50.4 Å². The van der Waals surface area contributed by atoms with Crippen LogP contribution in [0.1, 0.15) is 47.0 Å². The van der Waals surface area contributed by atoms with Gasteiger partial charge in [-0.25, -0.2) is 13.6 Å². The Bertz CT molecular complexity index is 868. The summed E-state index contributed by atoms with van der Waals surface area (Å²) in [5, 5.41) is 6.28. The van der Waals surface area contributed by atoms with Gasteiger partial charge >= 0.3 is 5.97 Å². The van der Waals surface area contributed by atoms with Gasteiger partial charge in [-0.05, 0) is 62.5 Å². The number of fused-ring (bicyclic) bond motifs is 1. The molecule has 0 spiro atoms. The lowest BCUT2D eigenvalue weighted by molar-refractivity contribution is 0.0527. The maximum absolute atomic E-state index is 13.8. The number of nitrogens with one attached hydrogen (secondary N) is 2. The minimum absolute atomic E-state index is 0.0664. The second-order valence-electron chi connectivity index (χ2n) is 6.19. The number of halogens is 2. The SMILES string of the molecule is CCOC(=O)c1c(NC(=S)Nc2cc(F)ccc2F)sc2c1CCCCC2. The number of aryl methyl sites for hydroxylation is 1. The highest BCUT2D eigenvalue weighted by atomic mass is 32.1. The minimum atomic E-state index is -0.617. The summed E-state index contributed by atoms with van der Waals surface area (Å²) in [4.78, 5) is 13.7. The Morgan fingerprint density at radius 2 is 2.00 bits per heavy atom. The molecule has 8 heteroatoms. The molecule has 4 nitrogen and oxygen atoms in total. The number of hydrogen-bond donors (Lipinski definition) is 2. The van der Waals surface area contributed by atoms with E-state index in [0.29, 0.717) is 10.6 Å². The highest BCUT2D eigenvalue weighted by Gasteiger charge is 2.26. The van der Waals surface area contributed by atoms with Gasteiger partial charge in [-0.2, -0.15) is 0 Å². The van der Waals surface area contributed by atoms with Crippen LogP contribution in [-0.4, -0.2) is 17.7 Å². The normalized spacial score (nSPS) is 13.4. The number of ether oxygens (including phenoxy) is 1. The fourth-order valence-electron chi connectivity index (χ4n) is 3.10. The molecule has 1 aliphatic rings. The molecule has 0 saturated heterocycles. The molecule has 0 unspecified atom stereocenters. The third-order valence-electron chi connectivity index (χ3n) is 4.30. The van der Waals surface area contributed by atoms with Crippen LogP contribution < -0.4 is 10.6 Å². The van der Waals surface area contributed by atoms with Gasteiger partial charge in [0.05, 0.1) is 17.9 Å². The molecule has 2 N–H and O–H groups in total. The molecule has 0 saturated carbocycles. The monoisotopic (exact) mass is 410 g/mol. The number of anilines is 2. The summed E-state index contributed by atoms with van der Waals surface area (Å²) < 4.78 is 32.4. The maximum atomic E-state index is 13.8. The lowest BCUT2D eigenvalue weighted by Crippen LogP contribution is -2.21. The van der Waals surface area contributed by atoms with Crippen molar-refractivity contribution < 1.29 is 18.3 Å². The van der Waals surface area contributed by atoms with Gasteiger partial charge in [0.15, 0.2) is 5.11 Å². The molecule has 27 heavy (non-hydrogen) atoms. The molecule has 0 atom stereocenters. The maximum Gasteiger partial charge on any atom is 0.341 e. The second-order valence-corrected chi connectivity index (χ2v) is 7.71. The largest absolute Gasteiger partial charge is 0.462 e. The quantitative estimate of drug-likeness (QED) is 0.408. The zero-order valence-corrected chi connectivity index (χ0v) is 16.5. The van der Waals surface area contributed by atoms with E-state index >= 15 is 0 Å². The van der Waals surface area contributed by atoms with Gasteiger partial charge in [0.1, 0.15) is 16.6 Å². The van der Waals surface area contributed by atoms with Crippen LogP contribution in [0.3, 0.4) is 0 Å². The van der Waals surface area contributed by atoms with Gasteiger partial charge in [0.2, 0.25) is 0 Å². The second kappa shape index (κ2) is 8.75. The molecule has 0 fully saturated rings. The average Bonchev–Trinajstić information content (AvgIpc) is 2.79. The van der Waals surface area contributed by atoms with E-state index in [9.17, 15) is 13.6 Å². The molecule has 0 amide bonds. The van der Waals surface area contributed by atoms with Gasteiger partial charge in [-0.3, -0.25) is 0 Å². The summed E-state index contributed by atoms with van der Waals surface area (Å²) in [5.41, 5.74) is 1.45. The van der Waals surface area contributed by atoms with Gasteiger partial charge in [-0.15, -0.1) is 11.3 Å². The summed E-state index contributed by atoms with van der Waals surface area (Å²) in [5.74, 6) is -1.58. The van der Waals surface area contributed by atoms with Crippen LogP contribution in [0.15, 0.2) is 18.2 Å². The van der Waals surface area contributed by atoms with E-state index in [1.54, 1.807) is 6.92 Å². The molecule has 1 aromatic heterocycles. The third-order valence-corrected chi connectivity index (χ3v) is 5.72. The lowest BCUT2D eigenvalue weighted by atomic mass is 10.1. The minimum Gasteiger partial charge on any atom is -0.462 e. The number of thiophene rings is 1. The predicted octanol–water partition coefficient (Wildman–Crippen LogP) is 5.28. The molecule has 1 aliphatic carbocycles. The van der Waals surface area contributed by atoms with Crippen molar-refractivity contribution in [3.05, 3.63) is 45.8 Å². The Morgan fingerprint density at radius 1 is 1.22 bits per heavy atom. The van der Waals surface area contributed by atoms with E-state index in [1.807, 2.05) is 0 Å². The molecule has 2 aromatic rings. The molecule has 3 rings (SSSR count). The van der Waals surface area contributed by atoms with Gasteiger partial charge in [-0.1, -0.05) is 6.42 Å². The number of benzene rings is 1. The van der Waals surface area contributed by atoms with Crippen LogP contribution >= 0.6 is 23.6 Å². The number of carbonyl (C=O) groups excluding carboxylic acids is 1. The summed E-state index contributed by atoms with van der Waals surface area (Å²) >= 11 is 6.71. The molecular formula is C19H20F2N2O2S2. The van der Waals surface area contributed by atoms with Crippen LogP contribution in [0.4, 0.5) is 19.5 Å². The first kappa shape index (κ1) is 19.7. The molecule has 0 bridgehead atoms. The van der Waals surface area contributed by atoms with E-state index in [-0.39, 0.29) is 23.4 Å². The summed E-state index contributed by atoms with van der Waals surface area (Å²) in [7, 11) is 0. The molecule has 0 radical (unpaired) electrons. The van der Waals surface area contributed by atoms with Crippen molar-refractivity contribution in [2.24, 2.45) is 0 Å². The Kier molecular flexibility index (Phi) is 6.38. The lowest BCUT2D eigenvalue weighted by Gasteiger charge is -2.12. The van der Waals surface area contributed by atoms with Crippen molar-refractivity contribution >= 4 is 45.3 Å². The van der Waals surface area contributed by atoms with E-state index < -0.39 is 11.6 Å². The molecule has 1 aromatic carbocycles. The first-order chi connectivity index (χ1) is 13.0. The highest BCUT2D eigenvalue weighted by Crippen LogP contribution is 2.38. The smallest absolute Gasteiger partial charge is 0.341 e. The first-order valence-electron chi connectivity index (χ1n) is 8.84. The Balaban J connectivity index is 1.86. The summed E-state index contributed by atoms with van der Waals surface area (Å²) in [6.07, 6.45) is 4.96. The fourth-order valence-corrected chi connectivity index (χ4v) is 4.66. The van der Waals surface area contributed by atoms with Crippen molar-refractivity contribution in [2.75, 3.05) is 17.2 Å². The van der Waals surface area contributed by atoms with E-state index in [4.69, 9.17) is 17.0 Å². The molecule has 144 valence electrons. The summed E-state index contributed by atoms with van der Waals surface area (Å²) in [6.45, 7) is 2.04. The van der Waals surface area contributed by atoms with Gasteiger partial charge < -0.3 is 15.4 Å². The Labute approximate surface area is 165 Å². The molecular weight excluding hydrogens is 390 g/mol. The van der Waals surface area contributed by atoms with Crippen molar-refractivity contribution in [1.82, 2.24) is 0 Å². The van der Waals surface area contributed by atoms with Gasteiger partial charge in [0.25, 0.3) is 0 Å². The molecule has 1 heterocycles. The number of carbonyl (C=O) groups is 1. The standard InChI is InChI=1S/C19H20F2N2O2S2/c1-2-25-18(24)16-12-6-4-3-5-7-15(12)27-17(16)23-19(26)22-14-10-11(20)8-9-13(14)21/h8-10H,2-7H2,1H3,(H2,22,23,26). The number of esters is 1. The fraction of sp³-hybridized carbons (Fsp3) is 0.368. The van der Waals surface area contributed by atoms with E-state index in [0.717, 1.165) is 60.7 Å². The highest BCUT2D eigenvalue weighted by molar-refractivity contribution is 7.80. The Hall–Kier alpha value is -2.06. The van der Waals surface area contributed by atoms with Crippen molar-refractivity contribution in [1.29, 1.82) is 0 Å². The van der Waals surface area contributed by atoms with Crippen LogP contribution in [0.5, 0.6) is 0 Å². The predicted molar refractivity (Wildman–Crippen MR) is 108 cm³/mol. The van der Waals surface area contributed by atoms with Crippen LogP contribution in [0, 0.1) is 11.6 Å². The first-order valence-corrected chi connectivity index (χ1v) is 10.1. The van der Waals surface area contributed by atoms with Crippen LogP contribution in [-0.2, 0) is 17.6 Å². The number of rotatable bonds is 4. The zero-order chi connectivity index (χ0) is 19.4.